The van der Waals surface area contributed by atoms with Crippen LogP contribution in [0.4, 0.5) is 5.69 Å². The molecule has 0 aromatic heterocycles. The van der Waals surface area contributed by atoms with E-state index in [2.05, 4.69) is 5.32 Å². The number of hydrogen-bond donors (Lipinski definition) is 1. The summed E-state index contributed by atoms with van der Waals surface area (Å²) in [6.07, 6.45) is 0.0829. The van der Waals surface area contributed by atoms with Crippen LogP contribution in [0, 0.1) is 5.92 Å². The number of benzene rings is 2. The van der Waals surface area contributed by atoms with Gasteiger partial charge in [-0.1, -0.05) is 30.3 Å². The summed E-state index contributed by atoms with van der Waals surface area (Å²) in [5.74, 6) is -2.79. The van der Waals surface area contributed by atoms with Gasteiger partial charge in [0, 0.05) is 12.8 Å². The van der Waals surface area contributed by atoms with Gasteiger partial charge in [0.2, 0.25) is 5.91 Å². The van der Waals surface area contributed by atoms with Crippen LogP contribution in [0.3, 0.4) is 0 Å². The Morgan fingerprint density at radius 3 is 2.38 bits per heavy atom. The molecule has 0 unspecified atom stereocenters. The minimum absolute atomic E-state index is 0.101. The molecule has 0 aliphatic heterocycles. The zero-order valence-electron chi connectivity index (χ0n) is 15.9. The van der Waals surface area contributed by atoms with Gasteiger partial charge in [0.25, 0.3) is 0 Å². The molecule has 0 saturated heterocycles. The standard InChI is InChI=1S/C22H21NO6/c1-28-22(27)16-9-5-6-10-18(16)23-20(25)17-13-15(11-12-19(17)24)29-21(26)14-7-3-2-4-8-14/h2-10,15,17H,11-13H2,1H3,(H,23,25)/t15-,17-/m1/s1. The molecule has 150 valence electrons. The molecule has 7 heteroatoms. The van der Waals surface area contributed by atoms with E-state index in [0.29, 0.717) is 12.0 Å². The third-order valence-corrected chi connectivity index (χ3v) is 4.79. The molecule has 2 aromatic carbocycles. The second kappa shape index (κ2) is 9.14. The lowest BCUT2D eigenvalue weighted by atomic mass is 9.85. The third kappa shape index (κ3) is 4.87. The van der Waals surface area contributed by atoms with Crippen LogP contribution in [0.1, 0.15) is 40.0 Å². The number of methoxy groups -OCH3 is 1. The van der Waals surface area contributed by atoms with Crippen molar-refractivity contribution in [2.75, 3.05) is 12.4 Å². The van der Waals surface area contributed by atoms with E-state index in [0.717, 1.165) is 0 Å². The number of esters is 2. The largest absolute Gasteiger partial charge is 0.465 e. The van der Waals surface area contributed by atoms with Crippen LogP contribution >= 0.6 is 0 Å². The Balaban J connectivity index is 1.68. The number of carbonyl (C=O) groups excluding carboxylic acids is 4. The summed E-state index contributed by atoms with van der Waals surface area (Å²) in [4.78, 5) is 49.1. The number of Topliss-reactive ketones (excluding diaryl/α,β-unsaturated/α-hetero) is 1. The van der Waals surface area contributed by atoms with Gasteiger partial charge >= 0.3 is 11.9 Å². The zero-order valence-corrected chi connectivity index (χ0v) is 15.9. The summed E-state index contributed by atoms with van der Waals surface area (Å²) in [6.45, 7) is 0. The first-order valence-electron chi connectivity index (χ1n) is 9.26. The van der Waals surface area contributed by atoms with Crippen molar-refractivity contribution in [3.05, 3.63) is 65.7 Å². The van der Waals surface area contributed by atoms with Gasteiger partial charge in [-0.2, -0.15) is 0 Å². The first kappa shape index (κ1) is 20.3. The van der Waals surface area contributed by atoms with Crippen LogP contribution in [-0.2, 0) is 19.1 Å². The lowest BCUT2D eigenvalue weighted by Crippen LogP contribution is -2.38. The Kier molecular flexibility index (Phi) is 6.39. The average Bonchev–Trinajstić information content (AvgIpc) is 2.75. The van der Waals surface area contributed by atoms with Crippen molar-refractivity contribution in [1.29, 1.82) is 0 Å². The van der Waals surface area contributed by atoms with Gasteiger partial charge in [-0.25, -0.2) is 9.59 Å². The van der Waals surface area contributed by atoms with E-state index in [-0.39, 0.29) is 29.9 Å². The number of rotatable bonds is 5. The lowest BCUT2D eigenvalue weighted by Gasteiger charge is -2.27. The van der Waals surface area contributed by atoms with Crippen LogP contribution in [-0.4, -0.2) is 36.8 Å². The van der Waals surface area contributed by atoms with Gasteiger partial charge < -0.3 is 14.8 Å². The third-order valence-electron chi connectivity index (χ3n) is 4.79. The molecule has 0 bridgehead atoms. The molecule has 2 aromatic rings. The van der Waals surface area contributed by atoms with E-state index in [9.17, 15) is 19.2 Å². The maximum absolute atomic E-state index is 12.7. The molecule has 1 saturated carbocycles. The Bertz CT molecular complexity index is 924. The highest BCUT2D eigenvalue weighted by Crippen LogP contribution is 2.27. The second-order valence-corrected chi connectivity index (χ2v) is 6.71. The predicted octanol–water partition coefficient (Wildman–Crippen LogP) is 3.01. The number of amides is 1. The van der Waals surface area contributed by atoms with Gasteiger partial charge in [-0.15, -0.1) is 0 Å². The number of nitrogens with one attached hydrogen (secondary N) is 1. The molecular formula is C22H21NO6. The molecule has 0 radical (unpaired) electrons. The summed E-state index contributed by atoms with van der Waals surface area (Å²) in [7, 11) is 1.25. The molecule has 0 spiro atoms. The molecule has 1 aliphatic rings. The molecule has 0 heterocycles. The first-order valence-corrected chi connectivity index (χ1v) is 9.26. The molecule has 1 aliphatic carbocycles. The Hall–Kier alpha value is -3.48. The molecule has 1 N–H and O–H groups in total. The van der Waals surface area contributed by atoms with Crippen molar-refractivity contribution in [3.63, 3.8) is 0 Å². The van der Waals surface area contributed by atoms with Gasteiger partial charge in [-0.05, 0) is 30.7 Å². The highest BCUT2D eigenvalue weighted by Gasteiger charge is 2.36. The number of anilines is 1. The number of carbonyl (C=O) groups is 4. The average molecular weight is 395 g/mol. The smallest absolute Gasteiger partial charge is 0.339 e. The summed E-state index contributed by atoms with van der Waals surface area (Å²) < 4.78 is 10.2. The summed E-state index contributed by atoms with van der Waals surface area (Å²) in [6, 6.07) is 14.9. The number of ketones is 1. The summed E-state index contributed by atoms with van der Waals surface area (Å²) in [5, 5.41) is 2.63. The van der Waals surface area contributed by atoms with E-state index in [1.807, 2.05) is 0 Å². The monoisotopic (exact) mass is 395 g/mol. The fraction of sp³-hybridized carbons (Fsp3) is 0.273. The van der Waals surface area contributed by atoms with Crippen molar-refractivity contribution in [2.45, 2.75) is 25.4 Å². The van der Waals surface area contributed by atoms with Crippen molar-refractivity contribution in [3.8, 4) is 0 Å². The van der Waals surface area contributed by atoms with Crippen molar-refractivity contribution < 1.29 is 28.7 Å². The highest BCUT2D eigenvalue weighted by molar-refractivity contribution is 6.09. The summed E-state index contributed by atoms with van der Waals surface area (Å²) in [5.41, 5.74) is 0.872. The van der Waals surface area contributed by atoms with Crippen LogP contribution in [0.2, 0.25) is 0 Å². The van der Waals surface area contributed by atoms with Gasteiger partial charge in [-0.3, -0.25) is 9.59 Å². The first-order chi connectivity index (χ1) is 14.0. The van der Waals surface area contributed by atoms with Gasteiger partial charge in [0.15, 0.2) is 0 Å². The normalized spacial score (nSPS) is 18.6. The van der Waals surface area contributed by atoms with Crippen LogP contribution in [0.5, 0.6) is 0 Å². The van der Waals surface area contributed by atoms with Crippen LogP contribution < -0.4 is 5.32 Å². The summed E-state index contributed by atoms with van der Waals surface area (Å²) >= 11 is 0. The molecule has 3 rings (SSSR count). The lowest BCUT2D eigenvalue weighted by molar-refractivity contribution is -0.135. The van der Waals surface area contributed by atoms with Crippen LogP contribution in [0.25, 0.3) is 0 Å². The molecular weight excluding hydrogens is 374 g/mol. The van der Waals surface area contributed by atoms with E-state index in [4.69, 9.17) is 9.47 Å². The fourth-order valence-corrected chi connectivity index (χ4v) is 3.24. The number of para-hydroxylation sites is 1. The van der Waals surface area contributed by atoms with E-state index in [1.54, 1.807) is 48.5 Å². The molecule has 2 atom stereocenters. The number of hydrogen-bond acceptors (Lipinski definition) is 6. The molecule has 29 heavy (non-hydrogen) atoms. The van der Waals surface area contributed by atoms with Gasteiger partial charge in [0.05, 0.1) is 23.9 Å². The molecule has 1 fully saturated rings. The zero-order chi connectivity index (χ0) is 20.8. The Morgan fingerprint density at radius 1 is 0.966 bits per heavy atom. The molecule has 1 amide bonds. The minimum atomic E-state index is -0.956. The quantitative estimate of drug-likeness (QED) is 0.617. The van der Waals surface area contributed by atoms with E-state index < -0.39 is 29.9 Å². The SMILES string of the molecule is COC(=O)c1ccccc1NC(=O)[C@@H]1C[C@H](OC(=O)c2ccccc2)CCC1=O. The Morgan fingerprint density at radius 2 is 1.66 bits per heavy atom. The van der Waals surface area contributed by atoms with Crippen molar-refractivity contribution in [1.82, 2.24) is 0 Å². The Labute approximate surface area is 168 Å². The highest BCUT2D eigenvalue weighted by atomic mass is 16.5. The maximum atomic E-state index is 12.7. The minimum Gasteiger partial charge on any atom is -0.465 e. The van der Waals surface area contributed by atoms with Crippen molar-refractivity contribution in [2.24, 2.45) is 5.92 Å². The predicted molar refractivity (Wildman–Crippen MR) is 104 cm³/mol. The topological polar surface area (TPSA) is 98.8 Å². The number of ether oxygens (including phenoxy) is 2. The fourth-order valence-electron chi connectivity index (χ4n) is 3.24. The van der Waals surface area contributed by atoms with Crippen molar-refractivity contribution >= 4 is 29.3 Å². The van der Waals surface area contributed by atoms with E-state index in [1.165, 1.54) is 13.2 Å². The maximum Gasteiger partial charge on any atom is 0.339 e. The van der Waals surface area contributed by atoms with Crippen LogP contribution in [0.15, 0.2) is 54.6 Å². The van der Waals surface area contributed by atoms with Gasteiger partial charge in [0.1, 0.15) is 17.8 Å². The van der Waals surface area contributed by atoms with E-state index >= 15 is 0 Å². The second-order valence-electron chi connectivity index (χ2n) is 6.71. The molecule has 7 nitrogen and oxygen atoms in total.